The minimum Gasteiger partial charge on any atom is -0.405 e. The van der Waals surface area contributed by atoms with Crippen LogP contribution in [0.3, 0.4) is 0 Å². The van der Waals surface area contributed by atoms with Gasteiger partial charge in [0.05, 0.1) is 0 Å². The molecule has 0 radical (unpaired) electrons. The Hall–Kier alpha value is -1.10. The van der Waals surface area contributed by atoms with Crippen molar-refractivity contribution in [2.75, 3.05) is 5.73 Å². The van der Waals surface area contributed by atoms with Crippen LogP contribution in [-0.4, -0.2) is 6.36 Å². The third-order valence-corrected chi connectivity index (χ3v) is 1.81. The van der Waals surface area contributed by atoms with Crippen LogP contribution in [-0.2, 0) is 0 Å². The summed E-state index contributed by atoms with van der Waals surface area (Å²) in [5, 5.41) is 0.104. The van der Waals surface area contributed by atoms with E-state index >= 15 is 0 Å². The molecule has 0 aliphatic rings. The normalized spacial score (nSPS) is 11.5. The Morgan fingerprint density at radius 3 is 2.43 bits per heavy atom. The molecule has 78 valence electrons. The average Bonchev–Trinajstić information content (AvgIpc) is 1.96. The number of nitrogens with two attached hydrogens (primary N) is 1. The number of hydrogen-bond acceptors (Lipinski definition) is 2. The molecule has 14 heavy (non-hydrogen) atoms. The van der Waals surface area contributed by atoms with Gasteiger partial charge in [0.1, 0.15) is 5.75 Å². The van der Waals surface area contributed by atoms with Gasteiger partial charge in [-0.1, -0.05) is 11.6 Å². The summed E-state index contributed by atoms with van der Waals surface area (Å²) in [7, 11) is 0. The van der Waals surface area contributed by atoms with Crippen LogP contribution in [0, 0.1) is 6.92 Å². The van der Waals surface area contributed by atoms with Crippen molar-refractivity contribution in [2.24, 2.45) is 0 Å². The lowest BCUT2D eigenvalue weighted by molar-refractivity contribution is -0.274. The number of rotatable bonds is 1. The Labute approximate surface area is 83.4 Å². The molecule has 0 saturated heterocycles. The summed E-state index contributed by atoms with van der Waals surface area (Å²) in [6.07, 6.45) is -4.73. The average molecular weight is 226 g/mol. The van der Waals surface area contributed by atoms with E-state index in [-0.39, 0.29) is 22.0 Å². The van der Waals surface area contributed by atoms with E-state index in [1.54, 1.807) is 0 Å². The van der Waals surface area contributed by atoms with Crippen LogP contribution in [0.15, 0.2) is 12.1 Å². The summed E-state index contributed by atoms with van der Waals surface area (Å²) < 4.78 is 39.4. The van der Waals surface area contributed by atoms with Gasteiger partial charge >= 0.3 is 6.36 Å². The van der Waals surface area contributed by atoms with Gasteiger partial charge in [0.25, 0.3) is 0 Å². The van der Waals surface area contributed by atoms with Crippen LogP contribution in [0.25, 0.3) is 0 Å². The fourth-order valence-corrected chi connectivity index (χ4v) is 1.12. The Morgan fingerprint density at radius 2 is 1.93 bits per heavy atom. The van der Waals surface area contributed by atoms with Gasteiger partial charge < -0.3 is 10.5 Å². The van der Waals surface area contributed by atoms with Gasteiger partial charge in [0.2, 0.25) is 0 Å². The second-order valence-corrected chi connectivity index (χ2v) is 3.10. The zero-order valence-electron chi connectivity index (χ0n) is 7.15. The van der Waals surface area contributed by atoms with E-state index < -0.39 is 6.36 Å². The van der Waals surface area contributed by atoms with Crippen LogP contribution >= 0.6 is 11.6 Å². The maximum atomic E-state index is 11.9. The van der Waals surface area contributed by atoms with Crippen molar-refractivity contribution in [2.45, 2.75) is 13.3 Å². The van der Waals surface area contributed by atoms with Crippen molar-refractivity contribution in [3.8, 4) is 5.75 Å². The van der Waals surface area contributed by atoms with Gasteiger partial charge in [-0.3, -0.25) is 0 Å². The Balaban J connectivity index is 3.09. The maximum Gasteiger partial charge on any atom is 0.573 e. The monoisotopic (exact) mass is 225 g/mol. The minimum absolute atomic E-state index is 0.104. The van der Waals surface area contributed by atoms with Crippen molar-refractivity contribution in [3.05, 3.63) is 22.7 Å². The highest BCUT2D eigenvalue weighted by molar-refractivity contribution is 6.31. The smallest absolute Gasteiger partial charge is 0.405 e. The van der Waals surface area contributed by atoms with E-state index in [9.17, 15) is 13.2 Å². The predicted molar refractivity (Wildman–Crippen MR) is 47.3 cm³/mol. The lowest BCUT2D eigenvalue weighted by Crippen LogP contribution is -2.18. The standard InChI is InChI=1S/C8H7ClF3NO/c1-4-6(13)2-5(9)3-7(4)14-8(10,11)12/h2-3H,13H2,1H3. The quantitative estimate of drug-likeness (QED) is 0.746. The van der Waals surface area contributed by atoms with Crippen LogP contribution in [0.4, 0.5) is 18.9 Å². The van der Waals surface area contributed by atoms with Gasteiger partial charge in [-0.05, 0) is 19.1 Å². The number of anilines is 1. The van der Waals surface area contributed by atoms with Crippen molar-refractivity contribution >= 4 is 17.3 Å². The van der Waals surface area contributed by atoms with Gasteiger partial charge in [-0.15, -0.1) is 13.2 Å². The lowest BCUT2D eigenvalue weighted by Gasteiger charge is -2.12. The number of hydrogen-bond donors (Lipinski definition) is 1. The second-order valence-electron chi connectivity index (χ2n) is 2.67. The highest BCUT2D eigenvalue weighted by Crippen LogP contribution is 2.32. The first-order valence-electron chi connectivity index (χ1n) is 3.61. The molecule has 0 saturated carbocycles. The van der Waals surface area contributed by atoms with Crippen molar-refractivity contribution < 1.29 is 17.9 Å². The summed E-state index contributed by atoms with van der Waals surface area (Å²) in [6.45, 7) is 1.42. The molecule has 2 nitrogen and oxygen atoms in total. The molecule has 0 fully saturated rings. The van der Waals surface area contributed by atoms with Crippen LogP contribution in [0.2, 0.25) is 5.02 Å². The topological polar surface area (TPSA) is 35.2 Å². The molecule has 0 unspecified atom stereocenters. The van der Waals surface area contributed by atoms with Crippen LogP contribution in [0.1, 0.15) is 5.56 Å². The number of nitrogen functional groups attached to an aromatic ring is 1. The molecule has 0 atom stereocenters. The number of halogens is 4. The first-order valence-corrected chi connectivity index (χ1v) is 3.99. The molecular weight excluding hydrogens is 219 g/mol. The first kappa shape index (κ1) is 11.0. The fourth-order valence-electron chi connectivity index (χ4n) is 0.905. The Bertz CT molecular complexity index is 351. The third-order valence-electron chi connectivity index (χ3n) is 1.59. The van der Waals surface area contributed by atoms with Gasteiger partial charge in [-0.2, -0.15) is 0 Å². The van der Waals surface area contributed by atoms with E-state index in [1.807, 2.05) is 0 Å². The van der Waals surface area contributed by atoms with Crippen molar-refractivity contribution in [1.82, 2.24) is 0 Å². The SMILES string of the molecule is Cc1c(N)cc(Cl)cc1OC(F)(F)F. The van der Waals surface area contributed by atoms with Gasteiger partial charge in [-0.25, -0.2) is 0 Å². The molecular formula is C8H7ClF3NO. The highest BCUT2D eigenvalue weighted by Gasteiger charge is 2.32. The Kier molecular flexibility index (Phi) is 2.80. The zero-order valence-corrected chi connectivity index (χ0v) is 7.91. The minimum atomic E-state index is -4.73. The molecule has 0 heterocycles. The largest absolute Gasteiger partial charge is 0.573 e. The van der Waals surface area contributed by atoms with Gasteiger partial charge in [0.15, 0.2) is 0 Å². The molecule has 0 amide bonds. The summed E-state index contributed by atoms with van der Waals surface area (Å²) >= 11 is 5.52. The molecule has 1 rings (SSSR count). The third kappa shape index (κ3) is 2.70. The number of ether oxygens (including phenoxy) is 1. The molecule has 0 bridgehead atoms. The second kappa shape index (κ2) is 3.57. The molecule has 0 spiro atoms. The highest BCUT2D eigenvalue weighted by atomic mass is 35.5. The molecule has 0 aliphatic heterocycles. The number of benzene rings is 1. The zero-order chi connectivity index (χ0) is 10.9. The van der Waals surface area contributed by atoms with E-state index in [4.69, 9.17) is 17.3 Å². The molecule has 1 aromatic carbocycles. The summed E-state index contributed by atoms with van der Waals surface area (Å²) in [6, 6.07) is 2.43. The summed E-state index contributed by atoms with van der Waals surface area (Å²) in [4.78, 5) is 0. The lowest BCUT2D eigenvalue weighted by atomic mass is 10.2. The van der Waals surface area contributed by atoms with E-state index in [1.165, 1.54) is 13.0 Å². The molecule has 0 aromatic heterocycles. The van der Waals surface area contributed by atoms with E-state index in [0.717, 1.165) is 6.07 Å². The first-order chi connectivity index (χ1) is 6.29. The van der Waals surface area contributed by atoms with Crippen molar-refractivity contribution in [3.63, 3.8) is 0 Å². The van der Waals surface area contributed by atoms with Crippen LogP contribution < -0.4 is 10.5 Å². The number of alkyl halides is 3. The summed E-state index contributed by atoms with van der Waals surface area (Å²) in [5.41, 5.74) is 5.79. The molecule has 6 heteroatoms. The van der Waals surface area contributed by atoms with Crippen LogP contribution in [0.5, 0.6) is 5.75 Å². The Morgan fingerprint density at radius 1 is 1.36 bits per heavy atom. The maximum absolute atomic E-state index is 11.9. The van der Waals surface area contributed by atoms with Gasteiger partial charge in [0, 0.05) is 16.3 Å². The predicted octanol–water partition coefficient (Wildman–Crippen LogP) is 3.13. The van der Waals surface area contributed by atoms with Crippen molar-refractivity contribution in [1.29, 1.82) is 0 Å². The molecule has 0 aliphatic carbocycles. The fraction of sp³-hybridized carbons (Fsp3) is 0.250. The van der Waals surface area contributed by atoms with E-state index in [0.29, 0.717) is 0 Å². The molecule has 2 N–H and O–H groups in total. The molecule has 1 aromatic rings. The summed E-state index contributed by atoms with van der Waals surface area (Å²) in [5.74, 6) is -0.373. The van der Waals surface area contributed by atoms with E-state index in [2.05, 4.69) is 4.74 Å².